The predicted molar refractivity (Wildman–Crippen MR) is 67.0 cm³/mol. The van der Waals surface area contributed by atoms with E-state index in [0.717, 1.165) is 17.9 Å². The third kappa shape index (κ3) is 3.22. The normalized spacial score (nSPS) is 24.0. The van der Waals surface area contributed by atoms with Gasteiger partial charge in [-0.1, -0.05) is 51.4 Å². The molecule has 0 saturated heterocycles. The maximum Gasteiger partial charge on any atom is 0.123 e. The Balaban J connectivity index is 1.86. The van der Waals surface area contributed by atoms with E-state index in [0.29, 0.717) is 5.92 Å². The SMILES string of the molecule is O=C=C(CC1CCCCC1)C1CCCCC1. The molecule has 0 spiro atoms. The van der Waals surface area contributed by atoms with Gasteiger partial charge in [0, 0.05) is 5.57 Å². The lowest BCUT2D eigenvalue weighted by atomic mass is 9.78. The molecular weight excluding hydrogens is 196 g/mol. The minimum absolute atomic E-state index is 0.591. The van der Waals surface area contributed by atoms with Gasteiger partial charge >= 0.3 is 0 Å². The lowest BCUT2D eigenvalue weighted by Crippen LogP contribution is -2.15. The second-order valence-electron chi connectivity index (χ2n) is 5.67. The maximum absolute atomic E-state index is 11.1. The van der Waals surface area contributed by atoms with Crippen LogP contribution in [-0.4, -0.2) is 5.94 Å². The number of hydrogen-bond acceptors (Lipinski definition) is 1. The van der Waals surface area contributed by atoms with Crippen LogP contribution in [0.5, 0.6) is 0 Å². The lowest BCUT2D eigenvalue weighted by Gasteiger charge is -2.27. The molecule has 2 aliphatic rings. The van der Waals surface area contributed by atoms with Gasteiger partial charge in [-0.15, -0.1) is 0 Å². The molecule has 0 aliphatic heterocycles. The van der Waals surface area contributed by atoms with Gasteiger partial charge in [-0.05, 0) is 31.1 Å². The monoisotopic (exact) mass is 220 g/mol. The second-order valence-corrected chi connectivity index (χ2v) is 5.67. The van der Waals surface area contributed by atoms with Crippen molar-refractivity contribution in [2.24, 2.45) is 11.8 Å². The fourth-order valence-electron chi connectivity index (χ4n) is 3.44. The van der Waals surface area contributed by atoms with E-state index in [1.807, 2.05) is 0 Å². The molecule has 0 heterocycles. The van der Waals surface area contributed by atoms with Crippen molar-refractivity contribution in [3.63, 3.8) is 0 Å². The van der Waals surface area contributed by atoms with Crippen LogP contribution in [-0.2, 0) is 4.79 Å². The average Bonchev–Trinajstić information content (AvgIpc) is 2.38. The van der Waals surface area contributed by atoms with Gasteiger partial charge in [-0.2, -0.15) is 0 Å². The Kier molecular flexibility index (Phi) is 4.66. The van der Waals surface area contributed by atoms with Crippen LogP contribution < -0.4 is 0 Å². The van der Waals surface area contributed by atoms with Crippen LogP contribution in [0.1, 0.15) is 70.6 Å². The summed E-state index contributed by atoms with van der Waals surface area (Å²) in [6, 6.07) is 0. The molecule has 2 fully saturated rings. The predicted octanol–water partition coefficient (Wildman–Crippen LogP) is 4.30. The largest absolute Gasteiger partial charge is 0.234 e. The molecule has 0 unspecified atom stereocenters. The van der Waals surface area contributed by atoms with E-state index < -0.39 is 0 Å². The number of allylic oxidation sites excluding steroid dienone is 1. The first-order chi connectivity index (χ1) is 7.90. The lowest BCUT2D eigenvalue weighted by molar-refractivity contribution is 0.328. The van der Waals surface area contributed by atoms with Crippen molar-refractivity contribution in [2.75, 3.05) is 0 Å². The van der Waals surface area contributed by atoms with Gasteiger partial charge in [0.15, 0.2) is 0 Å². The van der Waals surface area contributed by atoms with E-state index >= 15 is 0 Å². The molecule has 0 aromatic rings. The number of carbonyl (C=O) groups excluding carboxylic acids is 1. The van der Waals surface area contributed by atoms with Gasteiger partial charge in [-0.25, -0.2) is 4.79 Å². The van der Waals surface area contributed by atoms with E-state index in [1.54, 1.807) is 0 Å². The summed E-state index contributed by atoms with van der Waals surface area (Å²) in [5, 5.41) is 0. The molecule has 2 saturated carbocycles. The smallest absolute Gasteiger partial charge is 0.123 e. The maximum atomic E-state index is 11.1. The molecule has 2 rings (SSSR count). The van der Waals surface area contributed by atoms with Crippen molar-refractivity contribution in [3.05, 3.63) is 5.57 Å². The zero-order valence-electron chi connectivity index (χ0n) is 10.3. The van der Waals surface area contributed by atoms with Crippen LogP contribution >= 0.6 is 0 Å². The van der Waals surface area contributed by atoms with E-state index in [4.69, 9.17) is 0 Å². The summed E-state index contributed by atoms with van der Waals surface area (Å²) in [6.45, 7) is 0. The Labute approximate surface area is 99.3 Å². The summed E-state index contributed by atoms with van der Waals surface area (Å²) in [5.41, 5.74) is 1.13. The first-order valence-corrected chi connectivity index (χ1v) is 7.14. The molecule has 0 radical (unpaired) electrons. The topological polar surface area (TPSA) is 17.1 Å². The third-order valence-electron chi connectivity index (χ3n) is 4.46. The third-order valence-corrected chi connectivity index (χ3v) is 4.46. The highest BCUT2D eigenvalue weighted by atomic mass is 16.1. The number of hydrogen-bond donors (Lipinski definition) is 0. The fourth-order valence-corrected chi connectivity index (χ4v) is 3.44. The van der Waals surface area contributed by atoms with E-state index in [1.165, 1.54) is 64.2 Å². The molecule has 0 aromatic heterocycles. The first kappa shape index (κ1) is 11.9. The summed E-state index contributed by atoms with van der Waals surface area (Å²) >= 11 is 0. The molecule has 0 amide bonds. The van der Waals surface area contributed by atoms with Gasteiger partial charge in [-0.3, -0.25) is 0 Å². The van der Waals surface area contributed by atoms with Crippen molar-refractivity contribution in [2.45, 2.75) is 70.6 Å². The number of rotatable bonds is 3. The van der Waals surface area contributed by atoms with Crippen molar-refractivity contribution in [3.8, 4) is 0 Å². The van der Waals surface area contributed by atoms with Gasteiger partial charge in [0.05, 0.1) is 0 Å². The Morgan fingerprint density at radius 1 is 0.875 bits per heavy atom. The Morgan fingerprint density at radius 2 is 1.44 bits per heavy atom. The molecule has 1 heteroatoms. The van der Waals surface area contributed by atoms with Gasteiger partial charge in [0.1, 0.15) is 5.94 Å². The van der Waals surface area contributed by atoms with Crippen molar-refractivity contribution < 1.29 is 4.79 Å². The van der Waals surface area contributed by atoms with Crippen LogP contribution in [0, 0.1) is 11.8 Å². The summed E-state index contributed by atoms with van der Waals surface area (Å²) < 4.78 is 0. The molecule has 0 atom stereocenters. The van der Waals surface area contributed by atoms with Gasteiger partial charge < -0.3 is 0 Å². The van der Waals surface area contributed by atoms with Crippen LogP contribution in [0.2, 0.25) is 0 Å². The minimum atomic E-state index is 0.591. The first-order valence-electron chi connectivity index (χ1n) is 7.14. The standard InChI is InChI=1S/C15H24O/c16-12-15(14-9-5-2-6-10-14)11-13-7-3-1-4-8-13/h13-14H,1-11H2. The highest BCUT2D eigenvalue weighted by Crippen LogP contribution is 2.35. The fraction of sp³-hybridized carbons (Fsp3) is 0.867. The molecule has 2 aliphatic carbocycles. The summed E-state index contributed by atoms with van der Waals surface area (Å²) in [4.78, 5) is 11.1. The zero-order chi connectivity index (χ0) is 11.2. The highest BCUT2D eigenvalue weighted by molar-refractivity contribution is 5.53. The molecule has 0 aromatic carbocycles. The quantitative estimate of drug-likeness (QED) is 0.648. The van der Waals surface area contributed by atoms with Crippen molar-refractivity contribution in [1.82, 2.24) is 0 Å². The van der Waals surface area contributed by atoms with Crippen LogP contribution in [0.4, 0.5) is 0 Å². The molecule has 1 nitrogen and oxygen atoms in total. The highest BCUT2D eigenvalue weighted by Gasteiger charge is 2.22. The van der Waals surface area contributed by atoms with Crippen molar-refractivity contribution >= 4 is 5.94 Å². The Hall–Kier alpha value is -0.550. The molecule has 0 N–H and O–H groups in total. The Bertz CT molecular complexity index is 251. The van der Waals surface area contributed by atoms with Crippen molar-refractivity contribution in [1.29, 1.82) is 0 Å². The van der Waals surface area contributed by atoms with Crippen LogP contribution in [0.3, 0.4) is 0 Å². The molecular formula is C15H24O. The average molecular weight is 220 g/mol. The van der Waals surface area contributed by atoms with Gasteiger partial charge in [0.2, 0.25) is 0 Å². The molecule has 0 bridgehead atoms. The molecule has 90 valence electrons. The van der Waals surface area contributed by atoms with Crippen LogP contribution in [0.15, 0.2) is 5.57 Å². The Morgan fingerprint density at radius 3 is 2.00 bits per heavy atom. The summed E-state index contributed by atoms with van der Waals surface area (Å²) in [7, 11) is 0. The van der Waals surface area contributed by atoms with E-state index in [-0.39, 0.29) is 0 Å². The van der Waals surface area contributed by atoms with Gasteiger partial charge in [0.25, 0.3) is 0 Å². The van der Waals surface area contributed by atoms with E-state index in [9.17, 15) is 4.79 Å². The van der Waals surface area contributed by atoms with E-state index in [2.05, 4.69) is 5.94 Å². The van der Waals surface area contributed by atoms with Crippen LogP contribution in [0.25, 0.3) is 0 Å². The summed E-state index contributed by atoms with van der Waals surface area (Å²) in [6.07, 6.45) is 14.4. The zero-order valence-corrected chi connectivity index (χ0v) is 10.3. The minimum Gasteiger partial charge on any atom is -0.234 e. The molecule has 16 heavy (non-hydrogen) atoms. The second kappa shape index (κ2) is 6.25. The summed E-state index contributed by atoms with van der Waals surface area (Å²) in [5.74, 6) is 3.67.